The van der Waals surface area contributed by atoms with Gasteiger partial charge in [-0.05, 0) is 13.8 Å². The van der Waals surface area contributed by atoms with Crippen molar-refractivity contribution in [2.75, 3.05) is 20.7 Å². The van der Waals surface area contributed by atoms with Crippen molar-refractivity contribution < 1.29 is 22.7 Å². The maximum absolute atomic E-state index is 11.9. The van der Waals surface area contributed by atoms with E-state index in [2.05, 4.69) is 9.46 Å². The standard InChI is InChI=1S/C10H21N3O5S/c1-10(2,7-8(11)14)12-19(16,17)13(3)6-5-9(15)18-4/h12H,5-7H2,1-4H3,(H2,11,14). The van der Waals surface area contributed by atoms with Crippen LogP contribution in [0.25, 0.3) is 0 Å². The van der Waals surface area contributed by atoms with E-state index in [4.69, 9.17) is 5.73 Å². The van der Waals surface area contributed by atoms with Crippen molar-refractivity contribution in [1.29, 1.82) is 0 Å². The second kappa shape index (κ2) is 6.83. The summed E-state index contributed by atoms with van der Waals surface area (Å²) < 4.78 is 31.6. The van der Waals surface area contributed by atoms with Crippen molar-refractivity contribution in [2.45, 2.75) is 32.2 Å². The molecule has 0 aliphatic heterocycles. The van der Waals surface area contributed by atoms with E-state index >= 15 is 0 Å². The molecule has 0 unspecified atom stereocenters. The van der Waals surface area contributed by atoms with Crippen molar-refractivity contribution in [3.05, 3.63) is 0 Å². The summed E-state index contributed by atoms with van der Waals surface area (Å²) in [6.45, 7) is 3.07. The third-order valence-electron chi connectivity index (χ3n) is 2.29. The van der Waals surface area contributed by atoms with Gasteiger partial charge in [-0.25, -0.2) is 0 Å². The molecule has 0 aromatic carbocycles. The first kappa shape index (κ1) is 17.8. The smallest absolute Gasteiger partial charge is 0.306 e. The maximum atomic E-state index is 11.9. The number of esters is 1. The average Bonchev–Trinajstić information content (AvgIpc) is 2.21. The lowest BCUT2D eigenvalue weighted by molar-refractivity contribution is -0.140. The second-order valence-corrected chi connectivity index (χ2v) is 6.56. The lowest BCUT2D eigenvalue weighted by Gasteiger charge is -2.27. The maximum Gasteiger partial charge on any atom is 0.306 e. The summed E-state index contributed by atoms with van der Waals surface area (Å²) in [5.74, 6) is -1.11. The number of nitrogens with two attached hydrogens (primary N) is 1. The number of nitrogens with zero attached hydrogens (tertiary/aromatic N) is 1. The number of carbonyl (C=O) groups is 2. The van der Waals surface area contributed by atoms with Crippen LogP contribution >= 0.6 is 0 Å². The summed E-state index contributed by atoms with van der Waals surface area (Å²) in [7, 11) is -1.25. The van der Waals surface area contributed by atoms with Crippen LogP contribution in [0.4, 0.5) is 0 Å². The van der Waals surface area contributed by atoms with Gasteiger partial charge in [-0.3, -0.25) is 9.59 Å². The fourth-order valence-corrected chi connectivity index (χ4v) is 2.63. The predicted molar refractivity (Wildman–Crippen MR) is 69.2 cm³/mol. The molecule has 9 heteroatoms. The second-order valence-electron chi connectivity index (χ2n) is 4.78. The monoisotopic (exact) mass is 295 g/mol. The Balaban J connectivity index is 4.61. The van der Waals surface area contributed by atoms with E-state index in [1.54, 1.807) is 13.8 Å². The lowest BCUT2D eigenvalue weighted by Crippen LogP contribution is -2.51. The molecular formula is C10H21N3O5S. The number of carbonyl (C=O) groups excluding carboxylic acids is 2. The van der Waals surface area contributed by atoms with E-state index in [1.807, 2.05) is 0 Å². The van der Waals surface area contributed by atoms with Crippen LogP contribution in [-0.4, -0.2) is 50.8 Å². The third-order valence-corrected chi connectivity index (χ3v) is 4.10. The summed E-state index contributed by atoms with van der Waals surface area (Å²) in [6, 6.07) is 0. The number of amides is 1. The number of methoxy groups -OCH3 is 1. The molecule has 0 aromatic heterocycles. The van der Waals surface area contributed by atoms with Gasteiger partial charge in [0.15, 0.2) is 0 Å². The van der Waals surface area contributed by atoms with Crippen molar-refractivity contribution in [3.8, 4) is 0 Å². The van der Waals surface area contributed by atoms with Crippen LogP contribution in [-0.2, 0) is 24.5 Å². The van der Waals surface area contributed by atoms with Gasteiger partial charge in [0, 0.05) is 25.6 Å². The van der Waals surface area contributed by atoms with Gasteiger partial charge in [0.2, 0.25) is 5.91 Å². The van der Waals surface area contributed by atoms with Crippen LogP contribution in [0.3, 0.4) is 0 Å². The zero-order valence-corrected chi connectivity index (χ0v) is 12.4. The predicted octanol–water partition coefficient (Wildman–Crippen LogP) is -1.03. The Bertz CT molecular complexity index is 432. The third kappa shape index (κ3) is 7.09. The molecule has 0 saturated carbocycles. The Kier molecular flexibility index (Phi) is 6.40. The molecule has 19 heavy (non-hydrogen) atoms. The topological polar surface area (TPSA) is 119 Å². The molecule has 0 radical (unpaired) electrons. The zero-order chi connectivity index (χ0) is 15.3. The van der Waals surface area contributed by atoms with Crippen LogP contribution in [0.1, 0.15) is 26.7 Å². The van der Waals surface area contributed by atoms with Gasteiger partial charge in [0.25, 0.3) is 10.2 Å². The molecule has 0 saturated heterocycles. The number of primary amides is 1. The van der Waals surface area contributed by atoms with E-state index in [0.29, 0.717) is 0 Å². The summed E-state index contributed by atoms with van der Waals surface area (Å²) >= 11 is 0. The van der Waals surface area contributed by atoms with E-state index in [0.717, 1.165) is 4.31 Å². The Labute approximate surface area is 113 Å². The normalized spacial score (nSPS) is 12.5. The van der Waals surface area contributed by atoms with Gasteiger partial charge in [-0.15, -0.1) is 0 Å². The molecule has 0 aliphatic carbocycles. The fraction of sp³-hybridized carbons (Fsp3) is 0.800. The van der Waals surface area contributed by atoms with Crippen LogP contribution < -0.4 is 10.5 Å². The molecule has 0 heterocycles. The molecule has 0 aliphatic rings. The Hall–Kier alpha value is -1.19. The van der Waals surface area contributed by atoms with E-state index < -0.39 is 27.6 Å². The molecule has 0 rings (SSSR count). The first-order valence-electron chi connectivity index (χ1n) is 5.60. The number of rotatable bonds is 8. The van der Waals surface area contributed by atoms with Gasteiger partial charge >= 0.3 is 5.97 Å². The highest BCUT2D eigenvalue weighted by Crippen LogP contribution is 2.11. The van der Waals surface area contributed by atoms with Crippen LogP contribution in [0.2, 0.25) is 0 Å². The molecule has 0 fully saturated rings. The molecule has 0 spiro atoms. The quantitative estimate of drug-likeness (QED) is 0.555. The van der Waals surface area contributed by atoms with Crippen LogP contribution in [0.15, 0.2) is 0 Å². The molecular weight excluding hydrogens is 274 g/mol. The summed E-state index contributed by atoms with van der Waals surface area (Å²) in [5.41, 5.74) is 4.05. The molecule has 0 bridgehead atoms. The van der Waals surface area contributed by atoms with E-state index in [9.17, 15) is 18.0 Å². The lowest BCUT2D eigenvalue weighted by atomic mass is 10.0. The Morgan fingerprint density at radius 1 is 1.37 bits per heavy atom. The molecule has 112 valence electrons. The van der Waals surface area contributed by atoms with Crippen molar-refractivity contribution in [3.63, 3.8) is 0 Å². The number of hydrogen-bond donors (Lipinski definition) is 2. The van der Waals surface area contributed by atoms with Crippen molar-refractivity contribution >= 4 is 22.1 Å². The van der Waals surface area contributed by atoms with E-state index in [1.165, 1.54) is 14.2 Å². The van der Waals surface area contributed by atoms with Crippen LogP contribution in [0.5, 0.6) is 0 Å². The van der Waals surface area contributed by atoms with Crippen LogP contribution in [0, 0.1) is 0 Å². The SMILES string of the molecule is COC(=O)CCN(C)S(=O)(=O)NC(C)(C)CC(N)=O. The van der Waals surface area contributed by atoms with Gasteiger partial charge in [0.05, 0.1) is 13.5 Å². The van der Waals surface area contributed by atoms with Crippen molar-refractivity contribution in [1.82, 2.24) is 9.03 Å². The van der Waals surface area contributed by atoms with Crippen molar-refractivity contribution in [2.24, 2.45) is 5.73 Å². The summed E-state index contributed by atoms with van der Waals surface area (Å²) in [6.07, 6.45) is -0.179. The average molecular weight is 295 g/mol. The van der Waals surface area contributed by atoms with E-state index in [-0.39, 0.29) is 19.4 Å². The van der Waals surface area contributed by atoms with Gasteiger partial charge in [-0.1, -0.05) is 0 Å². The minimum Gasteiger partial charge on any atom is -0.469 e. The Morgan fingerprint density at radius 2 is 1.89 bits per heavy atom. The zero-order valence-electron chi connectivity index (χ0n) is 11.6. The first-order chi connectivity index (χ1) is 8.50. The molecule has 0 aromatic rings. The molecule has 8 nitrogen and oxygen atoms in total. The van der Waals surface area contributed by atoms with Gasteiger partial charge in [-0.2, -0.15) is 17.4 Å². The number of hydrogen-bond acceptors (Lipinski definition) is 5. The Morgan fingerprint density at radius 3 is 2.32 bits per heavy atom. The number of ether oxygens (including phenoxy) is 1. The summed E-state index contributed by atoms with van der Waals surface area (Å²) in [4.78, 5) is 21.8. The molecule has 3 N–H and O–H groups in total. The number of nitrogens with one attached hydrogen (secondary N) is 1. The highest BCUT2D eigenvalue weighted by Gasteiger charge is 2.29. The first-order valence-corrected chi connectivity index (χ1v) is 7.04. The molecule has 1 amide bonds. The van der Waals surface area contributed by atoms with Gasteiger partial charge < -0.3 is 10.5 Å². The minimum atomic E-state index is -3.80. The molecule has 0 atom stereocenters. The van der Waals surface area contributed by atoms with Gasteiger partial charge in [0.1, 0.15) is 0 Å². The highest BCUT2D eigenvalue weighted by atomic mass is 32.2. The highest BCUT2D eigenvalue weighted by molar-refractivity contribution is 7.87. The fourth-order valence-electron chi connectivity index (χ4n) is 1.37. The largest absolute Gasteiger partial charge is 0.469 e. The summed E-state index contributed by atoms with van der Waals surface area (Å²) in [5, 5.41) is 0. The minimum absolute atomic E-state index is 0.0192.